The fourth-order valence-electron chi connectivity index (χ4n) is 2.52. The minimum Gasteiger partial charge on any atom is -0.489 e. The minimum absolute atomic E-state index is 0.137. The summed E-state index contributed by atoms with van der Waals surface area (Å²) in [5, 5.41) is 16.1. The van der Waals surface area contributed by atoms with Crippen LogP contribution in [0.1, 0.15) is 16.7 Å². The molecule has 0 saturated carbocycles. The van der Waals surface area contributed by atoms with Gasteiger partial charge in [-0.25, -0.2) is 5.43 Å². The molecule has 0 fully saturated rings. The smallest absolute Gasteiger partial charge is 0.259 e. The minimum atomic E-state index is -0.235. The maximum atomic E-state index is 11.8. The summed E-state index contributed by atoms with van der Waals surface area (Å²) in [6, 6.07) is 26.3. The maximum Gasteiger partial charge on any atom is 0.259 e. The van der Waals surface area contributed by atoms with E-state index < -0.39 is 0 Å². The summed E-state index contributed by atoms with van der Waals surface area (Å²) in [5.74, 6) is 0.451. The summed E-state index contributed by atoms with van der Waals surface area (Å²) in [6.45, 7) is 0.458. The van der Waals surface area contributed by atoms with E-state index in [1.165, 1.54) is 0 Å². The number of nitrogens with one attached hydrogen (secondary N) is 2. The molecule has 0 saturated heterocycles. The molecule has 29 heavy (non-hydrogen) atoms. The Morgan fingerprint density at radius 2 is 1.72 bits per heavy atom. The first-order chi connectivity index (χ1) is 14.2. The highest BCUT2D eigenvalue weighted by Crippen LogP contribution is 2.15. The van der Waals surface area contributed by atoms with Crippen LogP contribution < -0.4 is 15.5 Å². The van der Waals surface area contributed by atoms with Crippen molar-refractivity contribution in [1.82, 2.24) is 5.43 Å². The summed E-state index contributed by atoms with van der Waals surface area (Å²) in [6.07, 6.45) is 1.56. The summed E-state index contributed by atoms with van der Waals surface area (Å²) < 4.78 is 5.73. The predicted molar refractivity (Wildman–Crippen MR) is 113 cm³/mol. The summed E-state index contributed by atoms with van der Waals surface area (Å²) >= 11 is 0. The average molecular weight is 384 g/mol. The quantitative estimate of drug-likeness (QED) is 0.458. The summed E-state index contributed by atoms with van der Waals surface area (Å²) in [7, 11) is 0. The highest BCUT2D eigenvalue weighted by molar-refractivity contribution is 5.84. The fraction of sp³-hybridized carbons (Fsp3) is 0.0870. The molecule has 0 atom stereocenters. The van der Waals surface area contributed by atoms with Crippen LogP contribution in [-0.4, -0.2) is 18.7 Å². The number of hydrazone groups is 1. The molecule has 0 bridgehead atoms. The number of ether oxygens (including phenoxy) is 1. The van der Waals surface area contributed by atoms with E-state index in [9.17, 15) is 4.79 Å². The van der Waals surface area contributed by atoms with Gasteiger partial charge in [0.2, 0.25) is 0 Å². The monoisotopic (exact) mass is 384 g/mol. The molecule has 0 heterocycles. The Morgan fingerprint density at radius 1 is 1.00 bits per heavy atom. The molecular formula is C23H20N4O2. The lowest BCUT2D eigenvalue weighted by Gasteiger charge is -2.07. The Bertz CT molecular complexity index is 1010. The molecule has 6 heteroatoms. The molecule has 0 aliphatic rings. The first-order valence-corrected chi connectivity index (χ1v) is 9.06. The van der Waals surface area contributed by atoms with Crippen LogP contribution in [0.3, 0.4) is 0 Å². The molecule has 3 rings (SSSR count). The van der Waals surface area contributed by atoms with Gasteiger partial charge in [-0.3, -0.25) is 4.79 Å². The lowest BCUT2D eigenvalue weighted by Crippen LogP contribution is -2.25. The summed E-state index contributed by atoms with van der Waals surface area (Å²) in [4.78, 5) is 11.8. The second-order valence-electron chi connectivity index (χ2n) is 6.14. The van der Waals surface area contributed by atoms with Crippen molar-refractivity contribution in [3.63, 3.8) is 0 Å². The van der Waals surface area contributed by atoms with Gasteiger partial charge < -0.3 is 10.1 Å². The largest absolute Gasteiger partial charge is 0.489 e. The zero-order valence-electron chi connectivity index (χ0n) is 15.7. The van der Waals surface area contributed by atoms with Gasteiger partial charge in [0, 0.05) is 11.3 Å². The molecule has 0 aliphatic carbocycles. The number of amides is 1. The van der Waals surface area contributed by atoms with Crippen LogP contribution in [0, 0.1) is 11.3 Å². The number of nitrogens with zero attached hydrogens (tertiary/aromatic N) is 2. The molecule has 3 aromatic rings. The zero-order chi connectivity index (χ0) is 20.3. The van der Waals surface area contributed by atoms with Crippen LogP contribution in [0.2, 0.25) is 0 Å². The summed E-state index contributed by atoms with van der Waals surface area (Å²) in [5.41, 5.74) is 5.63. The number of benzene rings is 3. The van der Waals surface area contributed by atoms with Gasteiger partial charge in [0.05, 0.1) is 24.4 Å². The van der Waals surface area contributed by atoms with Crippen LogP contribution in [0.15, 0.2) is 84.0 Å². The second-order valence-corrected chi connectivity index (χ2v) is 6.14. The van der Waals surface area contributed by atoms with Crippen molar-refractivity contribution in [2.45, 2.75) is 6.61 Å². The third-order valence-electron chi connectivity index (χ3n) is 4.04. The molecule has 0 unspecified atom stereocenters. The lowest BCUT2D eigenvalue weighted by molar-refractivity contribution is -0.119. The van der Waals surface area contributed by atoms with Crippen molar-refractivity contribution in [1.29, 1.82) is 5.26 Å². The number of hydrogen-bond acceptors (Lipinski definition) is 5. The Hall–Kier alpha value is -4.11. The highest BCUT2D eigenvalue weighted by atomic mass is 16.5. The van der Waals surface area contributed by atoms with E-state index in [0.29, 0.717) is 17.9 Å². The number of carbonyl (C=O) groups excluding carboxylic acids is 1. The second kappa shape index (κ2) is 10.3. The topological polar surface area (TPSA) is 86.5 Å². The molecule has 2 N–H and O–H groups in total. The van der Waals surface area contributed by atoms with E-state index in [0.717, 1.165) is 16.8 Å². The molecule has 0 spiro atoms. The Morgan fingerprint density at radius 3 is 2.48 bits per heavy atom. The first kappa shape index (κ1) is 19.6. The average Bonchev–Trinajstić information content (AvgIpc) is 2.78. The van der Waals surface area contributed by atoms with E-state index in [-0.39, 0.29) is 12.5 Å². The van der Waals surface area contributed by atoms with Gasteiger partial charge in [-0.2, -0.15) is 10.4 Å². The zero-order valence-corrected chi connectivity index (χ0v) is 15.7. The molecule has 6 nitrogen and oxygen atoms in total. The van der Waals surface area contributed by atoms with Crippen molar-refractivity contribution in [2.75, 3.05) is 11.9 Å². The van der Waals surface area contributed by atoms with Crippen molar-refractivity contribution in [2.24, 2.45) is 5.10 Å². The normalized spacial score (nSPS) is 10.3. The molecule has 0 aromatic heterocycles. The standard InChI is InChI=1S/C23H20N4O2/c24-14-19-6-4-5-7-20(19)17-29-22-12-10-18(11-13-22)15-26-27-23(28)16-25-21-8-2-1-3-9-21/h1-13,15,25H,16-17H2,(H,27,28)/b26-15-. The van der Waals surface area contributed by atoms with Crippen molar-refractivity contribution in [3.8, 4) is 11.8 Å². The van der Waals surface area contributed by atoms with Gasteiger partial charge in [0.25, 0.3) is 5.91 Å². The van der Waals surface area contributed by atoms with Gasteiger partial charge in [-0.1, -0.05) is 36.4 Å². The Balaban J connectivity index is 1.45. The van der Waals surface area contributed by atoms with Gasteiger partial charge in [-0.15, -0.1) is 0 Å². The molecular weight excluding hydrogens is 364 g/mol. The first-order valence-electron chi connectivity index (χ1n) is 9.06. The van der Waals surface area contributed by atoms with Crippen LogP contribution in [-0.2, 0) is 11.4 Å². The van der Waals surface area contributed by atoms with E-state index >= 15 is 0 Å². The maximum absolute atomic E-state index is 11.8. The molecule has 3 aromatic carbocycles. The Kier molecular flexibility index (Phi) is 6.97. The van der Waals surface area contributed by atoms with Crippen molar-refractivity contribution >= 4 is 17.8 Å². The number of rotatable bonds is 8. The number of anilines is 1. The molecule has 1 amide bonds. The number of hydrogen-bond donors (Lipinski definition) is 2. The molecule has 0 radical (unpaired) electrons. The molecule has 0 aliphatic heterocycles. The third kappa shape index (κ3) is 6.22. The van der Waals surface area contributed by atoms with Crippen LogP contribution in [0.25, 0.3) is 0 Å². The van der Waals surface area contributed by atoms with Gasteiger partial charge in [-0.05, 0) is 48.0 Å². The van der Waals surface area contributed by atoms with Crippen LogP contribution >= 0.6 is 0 Å². The Labute approximate surface area is 169 Å². The highest BCUT2D eigenvalue weighted by Gasteiger charge is 2.02. The SMILES string of the molecule is N#Cc1ccccc1COc1ccc(/C=N\NC(=O)CNc2ccccc2)cc1. The van der Waals surface area contributed by atoms with E-state index in [1.807, 2.05) is 72.8 Å². The van der Waals surface area contributed by atoms with Crippen LogP contribution in [0.4, 0.5) is 5.69 Å². The van der Waals surface area contributed by atoms with E-state index in [2.05, 4.69) is 21.9 Å². The number of para-hydroxylation sites is 1. The molecule has 144 valence electrons. The van der Waals surface area contributed by atoms with E-state index in [4.69, 9.17) is 10.00 Å². The van der Waals surface area contributed by atoms with Gasteiger partial charge >= 0.3 is 0 Å². The fourth-order valence-corrected chi connectivity index (χ4v) is 2.52. The predicted octanol–water partition coefficient (Wildman–Crippen LogP) is 3.70. The van der Waals surface area contributed by atoms with Crippen molar-refractivity contribution < 1.29 is 9.53 Å². The van der Waals surface area contributed by atoms with Gasteiger partial charge in [0.15, 0.2) is 0 Å². The van der Waals surface area contributed by atoms with Crippen LogP contribution in [0.5, 0.6) is 5.75 Å². The number of carbonyl (C=O) groups is 1. The number of nitriles is 1. The lowest BCUT2D eigenvalue weighted by atomic mass is 10.1. The third-order valence-corrected chi connectivity index (χ3v) is 4.04. The van der Waals surface area contributed by atoms with E-state index in [1.54, 1.807) is 12.3 Å². The van der Waals surface area contributed by atoms with Gasteiger partial charge in [0.1, 0.15) is 12.4 Å². The van der Waals surface area contributed by atoms with Crippen molar-refractivity contribution in [3.05, 3.63) is 95.6 Å².